The van der Waals surface area contributed by atoms with Crippen LogP contribution in [-0.4, -0.2) is 57.1 Å². The minimum Gasteiger partial charge on any atom is -0.383 e. The standard InChI is InChI=1S/C12H22F2N2O2/c1-18-7-6-16(9-11(13)14)12(17)3-2-10-4-5-15-8-10/h10-11,15H,2-9H2,1H3. The van der Waals surface area contributed by atoms with Crippen molar-refractivity contribution in [2.45, 2.75) is 25.7 Å². The summed E-state index contributed by atoms with van der Waals surface area (Å²) in [6, 6.07) is 0. The molecule has 1 fully saturated rings. The van der Waals surface area contributed by atoms with Crippen molar-refractivity contribution < 1.29 is 18.3 Å². The van der Waals surface area contributed by atoms with Crippen LogP contribution < -0.4 is 5.32 Å². The summed E-state index contributed by atoms with van der Waals surface area (Å²) in [6.07, 6.45) is -0.291. The van der Waals surface area contributed by atoms with Crippen LogP contribution in [0, 0.1) is 5.92 Å². The maximum Gasteiger partial charge on any atom is 0.255 e. The van der Waals surface area contributed by atoms with Gasteiger partial charge in [-0.3, -0.25) is 4.79 Å². The number of rotatable bonds is 8. The smallest absolute Gasteiger partial charge is 0.255 e. The Morgan fingerprint density at radius 3 is 2.89 bits per heavy atom. The summed E-state index contributed by atoms with van der Waals surface area (Å²) < 4.78 is 29.6. The molecule has 6 heteroatoms. The maximum atomic E-state index is 12.4. The van der Waals surface area contributed by atoms with E-state index in [9.17, 15) is 13.6 Å². The van der Waals surface area contributed by atoms with Gasteiger partial charge < -0.3 is 15.0 Å². The van der Waals surface area contributed by atoms with Crippen LogP contribution >= 0.6 is 0 Å². The minimum absolute atomic E-state index is 0.195. The van der Waals surface area contributed by atoms with Crippen molar-refractivity contribution in [1.82, 2.24) is 10.2 Å². The number of methoxy groups -OCH3 is 1. The number of carbonyl (C=O) groups excluding carboxylic acids is 1. The van der Waals surface area contributed by atoms with E-state index < -0.39 is 13.0 Å². The molecule has 1 aliphatic rings. The van der Waals surface area contributed by atoms with Gasteiger partial charge in [-0.25, -0.2) is 8.78 Å². The molecule has 1 unspecified atom stereocenters. The van der Waals surface area contributed by atoms with Crippen LogP contribution in [0.15, 0.2) is 0 Å². The predicted molar refractivity (Wildman–Crippen MR) is 64.7 cm³/mol. The van der Waals surface area contributed by atoms with Gasteiger partial charge in [0.1, 0.15) is 0 Å². The van der Waals surface area contributed by atoms with Crippen molar-refractivity contribution in [1.29, 1.82) is 0 Å². The van der Waals surface area contributed by atoms with Crippen LogP contribution in [0.2, 0.25) is 0 Å². The van der Waals surface area contributed by atoms with E-state index >= 15 is 0 Å². The lowest BCUT2D eigenvalue weighted by Gasteiger charge is -2.22. The Hall–Kier alpha value is -0.750. The number of nitrogens with zero attached hydrogens (tertiary/aromatic N) is 1. The van der Waals surface area contributed by atoms with Gasteiger partial charge >= 0.3 is 0 Å². The van der Waals surface area contributed by atoms with Gasteiger partial charge in [-0.1, -0.05) is 0 Å². The Morgan fingerprint density at radius 2 is 2.33 bits per heavy atom. The number of ether oxygens (including phenoxy) is 1. The number of amides is 1. The summed E-state index contributed by atoms with van der Waals surface area (Å²) in [4.78, 5) is 13.1. The summed E-state index contributed by atoms with van der Waals surface area (Å²) in [5.41, 5.74) is 0. The summed E-state index contributed by atoms with van der Waals surface area (Å²) in [7, 11) is 1.50. The molecule has 0 aliphatic carbocycles. The summed E-state index contributed by atoms with van der Waals surface area (Å²) in [5, 5.41) is 3.23. The van der Waals surface area contributed by atoms with Gasteiger partial charge in [0.25, 0.3) is 6.43 Å². The van der Waals surface area contributed by atoms with Crippen LogP contribution in [0.3, 0.4) is 0 Å². The first kappa shape index (κ1) is 15.3. The minimum atomic E-state index is -2.49. The summed E-state index contributed by atoms with van der Waals surface area (Å²) in [6.45, 7) is 1.96. The monoisotopic (exact) mass is 264 g/mol. The molecule has 0 aromatic carbocycles. The van der Waals surface area contributed by atoms with E-state index in [0.717, 1.165) is 25.9 Å². The fraction of sp³-hybridized carbons (Fsp3) is 0.917. The van der Waals surface area contributed by atoms with Gasteiger partial charge in [-0.2, -0.15) is 0 Å². The number of carbonyl (C=O) groups is 1. The second-order valence-electron chi connectivity index (χ2n) is 4.62. The molecule has 0 saturated carbocycles. The molecule has 0 aromatic rings. The van der Waals surface area contributed by atoms with E-state index in [-0.39, 0.29) is 12.5 Å². The average molecular weight is 264 g/mol. The molecule has 1 saturated heterocycles. The zero-order chi connectivity index (χ0) is 13.4. The van der Waals surface area contributed by atoms with Crippen molar-refractivity contribution >= 4 is 5.91 Å². The Morgan fingerprint density at radius 1 is 1.56 bits per heavy atom. The van der Waals surface area contributed by atoms with Crippen LogP contribution in [0.25, 0.3) is 0 Å². The fourth-order valence-corrected chi connectivity index (χ4v) is 2.13. The molecule has 1 heterocycles. The molecule has 1 N–H and O–H groups in total. The Kier molecular flexibility index (Phi) is 7.12. The van der Waals surface area contributed by atoms with Crippen LogP contribution in [0.4, 0.5) is 8.78 Å². The highest BCUT2D eigenvalue weighted by molar-refractivity contribution is 5.76. The number of halogens is 2. The van der Waals surface area contributed by atoms with E-state index in [1.165, 1.54) is 12.0 Å². The second kappa shape index (κ2) is 8.37. The third-order valence-corrected chi connectivity index (χ3v) is 3.21. The highest BCUT2D eigenvalue weighted by atomic mass is 19.3. The number of alkyl halides is 2. The zero-order valence-corrected chi connectivity index (χ0v) is 10.8. The first-order valence-electron chi connectivity index (χ1n) is 6.39. The predicted octanol–water partition coefficient (Wildman–Crippen LogP) is 1.12. The summed E-state index contributed by atoms with van der Waals surface area (Å²) in [5.74, 6) is 0.309. The van der Waals surface area contributed by atoms with Crippen molar-refractivity contribution in [3.63, 3.8) is 0 Å². The lowest BCUT2D eigenvalue weighted by atomic mass is 10.0. The van der Waals surface area contributed by atoms with Crippen LogP contribution in [0.1, 0.15) is 19.3 Å². The molecule has 0 spiro atoms. The molecule has 1 rings (SSSR count). The number of hydrogen-bond donors (Lipinski definition) is 1. The van der Waals surface area contributed by atoms with Gasteiger partial charge in [-0.15, -0.1) is 0 Å². The third kappa shape index (κ3) is 5.73. The largest absolute Gasteiger partial charge is 0.383 e. The van der Waals surface area contributed by atoms with E-state index in [4.69, 9.17) is 4.74 Å². The van der Waals surface area contributed by atoms with E-state index in [2.05, 4.69) is 5.32 Å². The van der Waals surface area contributed by atoms with Crippen molar-refractivity contribution in [2.75, 3.05) is 39.9 Å². The molecule has 0 bridgehead atoms. The Bertz CT molecular complexity index is 246. The van der Waals surface area contributed by atoms with Crippen molar-refractivity contribution in [3.8, 4) is 0 Å². The van der Waals surface area contributed by atoms with Gasteiger partial charge in [0, 0.05) is 20.1 Å². The lowest BCUT2D eigenvalue weighted by Crippen LogP contribution is -2.37. The van der Waals surface area contributed by atoms with Crippen LogP contribution in [0.5, 0.6) is 0 Å². The van der Waals surface area contributed by atoms with Crippen LogP contribution in [-0.2, 0) is 9.53 Å². The molecule has 1 amide bonds. The van der Waals surface area contributed by atoms with Crippen molar-refractivity contribution in [3.05, 3.63) is 0 Å². The molecule has 106 valence electrons. The van der Waals surface area contributed by atoms with E-state index in [1.807, 2.05) is 0 Å². The van der Waals surface area contributed by atoms with E-state index in [0.29, 0.717) is 18.9 Å². The highest BCUT2D eigenvalue weighted by Gasteiger charge is 2.20. The summed E-state index contributed by atoms with van der Waals surface area (Å²) >= 11 is 0. The van der Waals surface area contributed by atoms with Crippen molar-refractivity contribution in [2.24, 2.45) is 5.92 Å². The molecule has 0 radical (unpaired) electrons. The molecule has 0 aromatic heterocycles. The molecule has 1 atom stereocenters. The number of hydrogen-bond acceptors (Lipinski definition) is 3. The normalized spacial score (nSPS) is 19.4. The quantitative estimate of drug-likeness (QED) is 0.714. The highest BCUT2D eigenvalue weighted by Crippen LogP contribution is 2.15. The molecule has 4 nitrogen and oxygen atoms in total. The first-order chi connectivity index (χ1) is 8.63. The molecule has 1 aliphatic heterocycles. The third-order valence-electron chi connectivity index (χ3n) is 3.21. The average Bonchev–Trinajstić information content (AvgIpc) is 2.84. The van der Waals surface area contributed by atoms with Gasteiger partial charge in [0.05, 0.1) is 13.2 Å². The second-order valence-corrected chi connectivity index (χ2v) is 4.62. The molecule has 18 heavy (non-hydrogen) atoms. The molecular formula is C12H22F2N2O2. The van der Waals surface area contributed by atoms with E-state index in [1.54, 1.807) is 0 Å². The fourth-order valence-electron chi connectivity index (χ4n) is 2.13. The van der Waals surface area contributed by atoms with Gasteiger partial charge in [0.2, 0.25) is 5.91 Å². The topological polar surface area (TPSA) is 41.6 Å². The SMILES string of the molecule is COCCN(CC(F)F)C(=O)CCC1CCNC1. The van der Waals surface area contributed by atoms with Gasteiger partial charge in [-0.05, 0) is 31.8 Å². The number of nitrogens with one attached hydrogen (secondary N) is 1. The molecular weight excluding hydrogens is 242 g/mol. The van der Waals surface area contributed by atoms with Gasteiger partial charge in [0.15, 0.2) is 0 Å². The zero-order valence-electron chi connectivity index (χ0n) is 10.8. The lowest BCUT2D eigenvalue weighted by molar-refractivity contribution is -0.134. The first-order valence-corrected chi connectivity index (χ1v) is 6.39. The Balaban J connectivity index is 2.31. The Labute approximate surface area is 107 Å². The maximum absolute atomic E-state index is 12.4.